The van der Waals surface area contributed by atoms with E-state index in [2.05, 4.69) is 0 Å². The van der Waals surface area contributed by atoms with Crippen molar-refractivity contribution in [3.05, 3.63) is 59.2 Å². The molecule has 1 amide bonds. The summed E-state index contributed by atoms with van der Waals surface area (Å²) in [7, 11) is -5.38. The van der Waals surface area contributed by atoms with E-state index >= 15 is 0 Å². The third-order valence-electron chi connectivity index (χ3n) is 4.90. The Labute approximate surface area is 179 Å². The summed E-state index contributed by atoms with van der Waals surface area (Å²) in [5.41, 5.74) is -4.71. The summed E-state index contributed by atoms with van der Waals surface area (Å²) in [4.78, 5) is 13.5. The van der Waals surface area contributed by atoms with Gasteiger partial charge in [-0.1, -0.05) is 6.07 Å². The van der Waals surface area contributed by atoms with Crippen molar-refractivity contribution in [2.45, 2.75) is 31.1 Å². The van der Waals surface area contributed by atoms with Gasteiger partial charge >= 0.3 is 11.7 Å². The average molecular weight is 481 g/mol. The van der Waals surface area contributed by atoms with Gasteiger partial charge in [0.15, 0.2) is 0 Å². The van der Waals surface area contributed by atoms with Crippen LogP contribution in [0.4, 0.5) is 26.3 Å². The van der Waals surface area contributed by atoms with Gasteiger partial charge in [-0.25, -0.2) is 8.42 Å². The number of hydrogen-bond acceptors (Lipinski definition) is 4. The van der Waals surface area contributed by atoms with Gasteiger partial charge in [-0.2, -0.15) is 26.3 Å². The molecule has 0 bridgehead atoms. The van der Waals surface area contributed by atoms with E-state index in [4.69, 9.17) is 4.74 Å². The monoisotopic (exact) mass is 481 g/mol. The summed E-state index contributed by atoms with van der Waals surface area (Å²) in [5.74, 6) is -1.58. The van der Waals surface area contributed by atoms with Crippen LogP contribution in [-0.4, -0.2) is 37.0 Å². The highest BCUT2D eigenvalue weighted by molar-refractivity contribution is 7.92. The molecular formula is C20H17F6NO4S. The van der Waals surface area contributed by atoms with Crippen LogP contribution in [-0.2, 0) is 33.8 Å². The Bertz CT molecular complexity index is 1090. The van der Waals surface area contributed by atoms with E-state index in [0.717, 1.165) is 17.7 Å². The van der Waals surface area contributed by atoms with Gasteiger partial charge in [-0.3, -0.25) is 4.79 Å². The Morgan fingerprint density at radius 1 is 0.938 bits per heavy atom. The molecule has 1 heterocycles. The number of nitrogens with zero attached hydrogens (tertiary/aromatic N) is 1. The van der Waals surface area contributed by atoms with Crippen LogP contribution in [0.25, 0.3) is 0 Å². The molecule has 174 valence electrons. The van der Waals surface area contributed by atoms with Gasteiger partial charge in [0.05, 0.1) is 11.3 Å². The maximum atomic E-state index is 12.7. The van der Waals surface area contributed by atoms with Crippen molar-refractivity contribution in [2.24, 2.45) is 0 Å². The number of hydrogen-bond donors (Lipinski definition) is 0. The number of benzene rings is 2. The lowest BCUT2D eigenvalue weighted by Gasteiger charge is -2.29. The number of carbonyl (C=O) groups is 1. The molecule has 32 heavy (non-hydrogen) atoms. The molecule has 0 aliphatic carbocycles. The molecule has 0 fully saturated rings. The second-order valence-corrected chi connectivity index (χ2v) is 9.24. The maximum absolute atomic E-state index is 12.7. The van der Waals surface area contributed by atoms with Gasteiger partial charge in [0, 0.05) is 19.5 Å². The number of carbonyl (C=O) groups excluding carboxylic acids is 1. The minimum Gasteiger partial charge on any atom is -0.457 e. The molecule has 3 rings (SSSR count). The lowest BCUT2D eigenvalue weighted by molar-refractivity contribution is -0.137. The summed E-state index contributed by atoms with van der Waals surface area (Å²) >= 11 is 0. The molecule has 2 aromatic rings. The van der Waals surface area contributed by atoms with Gasteiger partial charge in [-0.15, -0.1) is 0 Å². The van der Waals surface area contributed by atoms with Gasteiger partial charge in [0.1, 0.15) is 11.5 Å². The molecule has 0 atom stereocenters. The quantitative estimate of drug-likeness (QED) is 0.581. The molecule has 0 saturated heterocycles. The summed E-state index contributed by atoms with van der Waals surface area (Å²) in [6.45, 7) is 0.265. The van der Waals surface area contributed by atoms with Crippen LogP contribution in [0.1, 0.15) is 23.1 Å². The second kappa shape index (κ2) is 8.64. The fourth-order valence-corrected chi connectivity index (χ4v) is 3.83. The molecule has 0 unspecified atom stereocenters. The lowest BCUT2D eigenvalue weighted by atomic mass is 9.99. The highest BCUT2D eigenvalue weighted by Crippen LogP contribution is 2.32. The predicted octanol–water partition coefficient (Wildman–Crippen LogP) is 4.71. The van der Waals surface area contributed by atoms with Crippen molar-refractivity contribution >= 4 is 15.7 Å². The number of alkyl halides is 6. The van der Waals surface area contributed by atoms with E-state index in [-0.39, 0.29) is 18.8 Å². The number of sulfone groups is 1. The van der Waals surface area contributed by atoms with Crippen molar-refractivity contribution in [1.82, 2.24) is 4.90 Å². The molecule has 5 nitrogen and oxygen atoms in total. The second-order valence-electron chi connectivity index (χ2n) is 7.13. The summed E-state index contributed by atoms with van der Waals surface area (Å²) in [5, 5.41) is 0. The molecule has 1 aliphatic heterocycles. The first-order valence-electron chi connectivity index (χ1n) is 9.30. The van der Waals surface area contributed by atoms with Crippen molar-refractivity contribution in [3.63, 3.8) is 0 Å². The van der Waals surface area contributed by atoms with Crippen molar-refractivity contribution in [3.8, 4) is 11.5 Å². The largest absolute Gasteiger partial charge is 0.497 e. The first-order chi connectivity index (χ1) is 14.8. The molecule has 1 aliphatic rings. The number of halogens is 6. The van der Waals surface area contributed by atoms with Crippen LogP contribution < -0.4 is 4.74 Å². The van der Waals surface area contributed by atoms with E-state index in [9.17, 15) is 39.6 Å². The van der Waals surface area contributed by atoms with Gasteiger partial charge in [0.25, 0.3) is 0 Å². The highest BCUT2D eigenvalue weighted by atomic mass is 32.2. The predicted molar refractivity (Wildman–Crippen MR) is 102 cm³/mol. The van der Waals surface area contributed by atoms with E-state index in [1.807, 2.05) is 0 Å². The van der Waals surface area contributed by atoms with Crippen molar-refractivity contribution in [1.29, 1.82) is 0 Å². The standard InChI is InChI=1S/C20H17F6NO4S/c21-19(22,23)15-2-5-16(6-3-15)31-17-4-1-13-7-9-27(12-14(13)11-17)18(28)8-10-32(29,30)20(24,25)26/h1-6,11H,7-10,12H2. The third-order valence-corrected chi connectivity index (χ3v) is 6.34. The summed E-state index contributed by atoms with van der Waals surface area (Å²) in [6, 6.07) is 9.01. The van der Waals surface area contributed by atoms with Crippen LogP contribution >= 0.6 is 0 Å². The Kier molecular flexibility index (Phi) is 6.45. The molecule has 0 aromatic heterocycles. The van der Waals surface area contributed by atoms with Crippen molar-refractivity contribution in [2.75, 3.05) is 12.3 Å². The SMILES string of the molecule is O=C(CCS(=O)(=O)C(F)(F)F)N1CCc2ccc(Oc3ccc(C(F)(F)F)cc3)cc2C1. The Hall–Kier alpha value is -2.76. The zero-order chi connectivity index (χ0) is 23.7. The van der Waals surface area contributed by atoms with Crippen LogP contribution in [0.15, 0.2) is 42.5 Å². The van der Waals surface area contributed by atoms with Crippen LogP contribution in [0.2, 0.25) is 0 Å². The minimum atomic E-state index is -5.41. The van der Waals surface area contributed by atoms with Crippen LogP contribution in [0.3, 0.4) is 0 Å². The van der Waals surface area contributed by atoms with E-state index in [0.29, 0.717) is 17.7 Å². The molecule has 2 aromatic carbocycles. The topological polar surface area (TPSA) is 63.7 Å². The summed E-state index contributed by atoms with van der Waals surface area (Å²) in [6.07, 6.45) is -4.85. The zero-order valence-corrected chi connectivity index (χ0v) is 17.1. The van der Waals surface area contributed by atoms with Gasteiger partial charge in [0.2, 0.25) is 15.7 Å². The maximum Gasteiger partial charge on any atom is 0.497 e. The molecule has 0 saturated carbocycles. The molecule has 12 heteroatoms. The Morgan fingerprint density at radius 2 is 1.56 bits per heavy atom. The minimum absolute atomic E-state index is 0.0461. The van der Waals surface area contributed by atoms with E-state index in [1.54, 1.807) is 18.2 Å². The number of ether oxygens (including phenoxy) is 1. The van der Waals surface area contributed by atoms with Crippen LogP contribution in [0.5, 0.6) is 11.5 Å². The fourth-order valence-electron chi connectivity index (χ4n) is 3.15. The van der Waals surface area contributed by atoms with Crippen molar-refractivity contribution < 1.29 is 44.3 Å². The van der Waals surface area contributed by atoms with E-state index in [1.165, 1.54) is 17.0 Å². The van der Waals surface area contributed by atoms with Crippen LogP contribution in [0, 0.1) is 0 Å². The normalized spacial score (nSPS) is 14.8. The number of amides is 1. The number of fused-ring (bicyclic) bond motifs is 1. The summed E-state index contributed by atoms with van der Waals surface area (Å²) < 4.78 is 103. The third kappa shape index (κ3) is 5.53. The van der Waals surface area contributed by atoms with Gasteiger partial charge in [-0.05, 0) is 53.9 Å². The molecule has 0 spiro atoms. The average Bonchev–Trinajstić information content (AvgIpc) is 2.70. The first-order valence-corrected chi connectivity index (χ1v) is 11.0. The Morgan fingerprint density at radius 3 is 2.16 bits per heavy atom. The smallest absolute Gasteiger partial charge is 0.457 e. The molecule has 0 radical (unpaired) electrons. The number of rotatable bonds is 5. The lowest BCUT2D eigenvalue weighted by Crippen LogP contribution is -2.37. The fraction of sp³-hybridized carbons (Fsp3) is 0.350. The molecule has 0 N–H and O–H groups in total. The molecular weight excluding hydrogens is 464 g/mol. The van der Waals surface area contributed by atoms with E-state index < -0.39 is 45.2 Å². The van der Waals surface area contributed by atoms with Gasteiger partial charge < -0.3 is 9.64 Å². The first kappa shape index (κ1) is 23.9. The highest BCUT2D eigenvalue weighted by Gasteiger charge is 2.45. The Balaban J connectivity index is 1.66. The zero-order valence-electron chi connectivity index (χ0n) is 16.3.